The third kappa shape index (κ3) is 2.86. The number of anilines is 1. The third-order valence-corrected chi connectivity index (χ3v) is 4.35. The number of nitrogens with zero attached hydrogens (tertiary/aromatic N) is 5. The maximum atomic E-state index is 4.71. The van der Waals surface area contributed by atoms with E-state index in [2.05, 4.69) is 35.6 Å². The highest BCUT2D eigenvalue weighted by molar-refractivity contribution is 5.56. The summed E-state index contributed by atoms with van der Waals surface area (Å²) in [6, 6.07) is 5.94. The summed E-state index contributed by atoms with van der Waals surface area (Å²) in [6.45, 7) is 12.1. The molecule has 0 aliphatic carbocycles. The van der Waals surface area contributed by atoms with Crippen molar-refractivity contribution >= 4 is 5.69 Å². The highest BCUT2D eigenvalue weighted by atomic mass is 15.4. The molecule has 0 unspecified atom stereocenters. The number of aromatic nitrogens is 3. The second-order valence-electron chi connectivity index (χ2n) is 5.95. The summed E-state index contributed by atoms with van der Waals surface area (Å²) in [7, 11) is 0. The van der Waals surface area contributed by atoms with E-state index in [-0.39, 0.29) is 0 Å². The lowest BCUT2D eigenvalue weighted by Gasteiger charge is -2.36. The quantitative estimate of drug-likeness (QED) is 0.869. The highest BCUT2D eigenvalue weighted by Gasteiger charge is 2.23. The van der Waals surface area contributed by atoms with Crippen molar-refractivity contribution in [1.82, 2.24) is 19.7 Å². The van der Waals surface area contributed by atoms with Gasteiger partial charge in [-0.1, -0.05) is 13.0 Å². The van der Waals surface area contributed by atoms with Crippen molar-refractivity contribution < 1.29 is 0 Å². The maximum Gasteiger partial charge on any atom is 0.153 e. The van der Waals surface area contributed by atoms with Gasteiger partial charge in [-0.15, -0.1) is 0 Å². The molecule has 0 aromatic carbocycles. The molecular formula is C17H25N5. The number of rotatable bonds is 4. The van der Waals surface area contributed by atoms with Crippen molar-refractivity contribution in [1.29, 1.82) is 0 Å². The molecule has 0 atom stereocenters. The summed E-state index contributed by atoms with van der Waals surface area (Å²) in [5.74, 6) is 0.888. The maximum absolute atomic E-state index is 4.71. The van der Waals surface area contributed by atoms with E-state index in [0.29, 0.717) is 0 Å². The minimum Gasteiger partial charge on any atom is -0.366 e. The summed E-state index contributed by atoms with van der Waals surface area (Å²) in [6.07, 6.45) is 3.05. The molecule has 5 heteroatoms. The number of hydrogen-bond donors (Lipinski definition) is 0. The van der Waals surface area contributed by atoms with Gasteiger partial charge in [-0.2, -0.15) is 5.10 Å². The second-order valence-corrected chi connectivity index (χ2v) is 5.95. The molecule has 5 nitrogen and oxygen atoms in total. The predicted octanol–water partition coefficient (Wildman–Crippen LogP) is 2.42. The van der Waals surface area contributed by atoms with Gasteiger partial charge in [0.2, 0.25) is 0 Å². The molecule has 1 fully saturated rings. The molecule has 0 radical (unpaired) electrons. The van der Waals surface area contributed by atoms with Crippen LogP contribution in [-0.2, 0) is 0 Å². The van der Waals surface area contributed by atoms with Gasteiger partial charge >= 0.3 is 0 Å². The smallest absolute Gasteiger partial charge is 0.153 e. The van der Waals surface area contributed by atoms with Crippen LogP contribution in [0.4, 0.5) is 5.69 Å². The van der Waals surface area contributed by atoms with Gasteiger partial charge in [0.15, 0.2) is 5.82 Å². The van der Waals surface area contributed by atoms with Crippen LogP contribution in [0.25, 0.3) is 5.82 Å². The molecule has 1 aliphatic heterocycles. The average Bonchev–Trinajstić information content (AvgIpc) is 2.84. The minimum absolute atomic E-state index is 0.888. The molecule has 0 spiro atoms. The Morgan fingerprint density at radius 1 is 1.09 bits per heavy atom. The van der Waals surface area contributed by atoms with Gasteiger partial charge in [-0.25, -0.2) is 9.67 Å². The van der Waals surface area contributed by atoms with Crippen LogP contribution in [0.15, 0.2) is 24.4 Å². The largest absolute Gasteiger partial charge is 0.366 e. The predicted molar refractivity (Wildman–Crippen MR) is 89.8 cm³/mol. The van der Waals surface area contributed by atoms with Crippen LogP contribution in [0.3, 0.4) is 0 Å². The molecule has 3 rings (SSSR count). The molecule has 22 heavy (non-hydrogen) atoms. The van der Waals surface area contributed by atoms with Crippen LogP contribution in [0, 0.1) is 13.8 Å². The lowest BCUT2D eigenvalue weighted by Crippen LogP contribution is -2.46. The zero-order valence-corrected chi connectivity index (χ0v) is 13.8. The zero-order valence-electron chi connectivity index (χ0n) is 13.8. The highest BCUT2D eigenvalue weighted by Crippen LogP contribution is 2.27. The monoisotopic (exact) mass is 299 g/mol. The summed E-state index contributed by atoms with van der Waals surface area (Å²) in [5, 5.41) is 4.71. The molecule has 0 amide bonds. The first kappa shape index (κ1) is 15.0. The van der Waals surface area contributed by atoms with Crippen molar-refractivity contribution in [3.63, 3.8) is 0 Å². The Balaban J connectivity index is 1.82. The van der Waals surface area contributed by atoms with Gasteiger partial charge < -0.3 is 4.90 Å². The molecule has 2 aromatic rings. The molecule has 0 saturated carbocycles. The van der Waals surface area contributed by atoms with Gasteiger partial charge in [-0.05, 0) is 38.9 Å². The van der Waals surface area contributed by atoms with Gasteiger partial charge in [0, 0.05) is 32.4 Å². The van der Waals surface area contributed by atoms with E-state index in [9.17, 15) is 0 Å². The van der Waals surface area contributed by atoms with Crippen molar-refractivity contribution in [3.05, 3.63) is 35.8 Å². The topological polar surface area (TPSA) is 37.2 Å². The Morgan fingerprint density at radius 2 is 1.86 bits per heavy atom. The molecule has 1 saturated heterocycles. The van der Waals surface area contributed by atoms with Crippen LogP contribution in [0.1, 0.15) is 24.7 Å². The molecular weight excluding hydrogens is 274 g/mol. The van der Waals surface area contributed by atoms with Crippen molar-refractivity contribution in [2.24, 2.45) is 0 Å². The van der Waals surface area contributed by atoms with Gasteiger partial charge in [-0.3, -0.25) is 4.90 Å². The molecule has 1 aliphatic rings. The fourth-order valence-corrected chi connectivity index (χ4v) is 3.31. The minimum atomic E-state index is 0.888. The van der Waals surface area contributed by atoms with E-state index in [1.807, 2.05) is 29.1 Å². The summed E-state index contributed by atoms with van der Waals surface area (Å²) < 4.78 is 1.96. The Labute approximate surface area is 132 Å². The first-order valence-electron chi connectivity index (χ1n) is 8.15. The lowest BCUT2D eigenvalue weighted by molar-refractivity contribution is 0.258. The fourth-order valence-electron chi connectivity index (χ4n) is 3.31. The summed E-state index contributed by atoms with van der Waals surface area (Å²) in [5.41, 5.74) is 3.55. The second kappa shape index (κ2) is 6.48. The molecule has 0 N–H and O–H groups in total. The van der Waals surface area contributed by atoms with E-state index in [0.717, 1.165) is 37.7 Å². The van der Waals surface area contributed by atoms with Gasteiger partial charge in [0.05, 0.1) is 17.1 Å². The third-order valence-electron chi connectivity index (χ3n) is 4.35. The zero-order chi connectivity index (χ0) is 15.5. The Kier molecular flexibility index (Phi) is 4.43. The van der Waals surface area contributed by atoms with Crippen LogP contribution >= 0.6 is 0 Å². The molecule has 2 aromatic heterocycles. The Bertz CT molecular complexity index is 611. The van der Waals surface area contributed by atoms with Gasteiger partial charge in [0.25, 0.3) is 0 Å². The standard InChI is InChI=1S/C17H25N5/c1-4-9-20-10-12-21(13-11-20)17-14(2)19-22(15(17)3)16-7-5-6-8-18-16/h5-8H,4,9-13H2,1-3H3. The number of aryl methyl sites for hydroxylation is 1. The normalized spacial score (nSPS) is 16.2. The van der Waals surface area contributed by atoms with Crippen molar-refractivity contribution in [3.8, 4) is 5.82 Å². The van der Waals surface area contributed by atoms with Crippen LogP contribution in [-0.4, -0.2) is 52.4 Å². The molecule has 118 valence electrons. The van der Waals surface area contributed by atoms with Gasteiger partial charge in [0.1, 0.15) is 0 Å². The van der Waals surface area contributed by atoms with E-state index >= 15 is 0 Å². The first-order chi connectivity index (χ1) is 10.7. The first-order valence-corrected chi connectivity index (χ1v) is 8.15. The van der Waals surface area contributed by atoms with E-state index < -0.39 is 0 Å². The SMILES string of the molecule is CCCN1CCN(c2c(C)nn(-c3ccccn3)c2C)CC1. The molecule has 0 bridgehead atoms. The van der Waals surface area contributed by atoms with E-state index in [4.69, 9.17) is 5.10 Å². The Hall–Kier alpha value is -1.88. The summed E-state index contributed by atoms with van der Waals surface area (Å²) in [4.78, 5) is 9.44. The molecule has 3 heterocycles. The van der Waals surface area contributed by atoms with Crippen LogP contribution < -0.4 is 4.90 Å². The van der Waals surface area contributed by atoms with Crippen LogP contribution in [0.5, 0.6) is 0 Å². The number of hydrogen-bond acceptors (Lipinski definition) is 4. The summed E-state index contributed by atoms with van der Waals surface area (Å²) >= 11 is 0. The number of pyridine rings is 1. The fraction of sp³-hybridized carbons (Fsp3) is 0.529. The van der Waals surface area contributed by atoms with E-state index in [1.54, 1.807) is 0 Å². The number of piperazine rings is 1. The van der Waals surface area contributed by atoms with Crippen molar-refractivity contribution in [2.75, 3.05) is 37.6 Å². The van der Waals surface area contributed by atoms with Crippen LogP contribution in [0.2, 0.25) is 0 Å². The Morgan fingerprint density at radius 3 is 2.50 bits per heavy atom. The average molecular weight is 299 g/mol. The lowest BCUT2D eigenvalue weighted by atomic mass is 10.2. The van der Waals surface area contributed by atoms with Crippen molar-refractivity contribution in [2.45, 2.75) is 27.2 Å². The van der Waals surface area contributed by atoms with E-state index in [1.165, 1.54) is 24.3 Å².